The fourth-order valence-corrected chi connectivity index (χ4v) is 4.76. The van der Waals surface area contributed by atoms with Crippen molar-refractivity contribution >= 4 is 23.0 Å². The topological polar surface area (TPSA) is 130 Å². The first-order chi connectivity index (χ1) is 16.4. The number of benzene rings is 1. The zero-order valence-electron chi connectivity index (χ0n) is 18.8. The van der Waals surface area contributed by atoms with Crippen molar-refractivity contribution in [1.29, 1.82) is 0 Å². The van der Waals surface area contributed by atoms with Gasteiger partial charge in [-0.25, -0.2) is 4.98 Å². The van der Waals surface area contributed by atoms with Gasteiger partial charge in [-0.3, -0.25) is 19.9 Å². The van der Waals surface area contributed by atoms with Crippen LogP contribution < -0.4 is 10.9 Å². The van der Waals surface area contributed by atoms with Crippen LogP contribution in [0.1, 0.15) is 31.7 Å². The van der Waals surface area contributed by atoms with E-state index in [1.807, 2.05) is 30.3 Å². The molecular formula is C23H25N5O6. The van der Waals surface area contributed by atoms with E-state index in [2.05, 4.69) is 20.3 Å². The van der Waals surface area contributed by atoms with Gasteiger partial charge in [0.2, 0.25) is 11.9 Å². The molecule has 0 radical (unpaired) electrons. The molecule has 11 nitrogen and oxygen atoms in total. The van der Waals surface area contributed by atoms with Crippen molar-refractivity contribution in [3.05, 3.63) is 52.6 Å². The SMILES string of the molecule is CC(C)C(=O)Nc1nc2c(ncn2[C@H]2COC34COC2C3O[C@H](c2ccccc2)OC4)c(=O)[nH]1. The Labute approximate surface area is 194 Å². The van der Waals surface area contributed by atoms with E-state index in [-0.39, 0.29) is 41.5 Å². The molecule has 3 aliphatic rings. The molecule has 11 heteroatoms. The van der Waals surface area contributed by atoms with Crippen LogP contribution in [0.4, 0.5) is 5.95 Å². The lowest BCUT2D eigenvalue weighted by atomic mass is 9.89. The third kappa shape index (κ3) is 3.35. The number of amides is 1. The van der Waals surface area contributed by atoms with E-state index in [1.165, 1.54) is 0 Å². The summed E-state index contributed by atoms with van der Waals surface area (Å²) in [4.78, 5) is 36.1. The van der Waals surface area contributed by atoms with Crippen molar-refractivity contribution in [1.82, 2.24) is 19.5 Å². The number of ether oxygens (including phenoxy) is 4. The minimum Gasteiger partial charge on any atom is -0.370 e. The smallest absolute Gasteiger partial charge is 0.280 e. The van der Waals surface area contributed by atoms with E-state index < -0.39 is 17.5 Å². The van der Waals surface area contributed by atoms with Crippen LogP contribution in [-0.2, 0) is 23.7 Å². The van der Waals surface area contributed by atoms with Crippen molar-refractivity contribution < 1.29 is 23.7 Å². The van der Waals surface area contributed by atoms with E-state index in [4.69, 9.17) is 18.9 Å². The zero-order chi connectivity index (χ0) is 23.4. The van der Waals surface area contributed by atoms with Gasteiger partial charge in [0.25, 0.3) is 5.56 Å². The Morgan fingerprint density at radius 3 is 2.82 bits per heavy atom. The molecule has 0 saturated carbocycles. The molecule has 5 heterocycles. The van der Waals surface area contributed by atoms with Crippen LogP contribution in [0.15, 0.2) is 41.5 Å². The standard InChI is InChI=1S/C23H25N5O6/c1-12(2)19(29)26-22-25-18-15(20(30)27-22)24-11-28(18)14-8-33-23-9-31-16(14)17(23)34-21(32-10-23)13-6-4-3-5-7-13/h3-7,11-12,14,16-17,21H,8-10H2,1-2H3,(H2,25,26,27,29,30)/t14-,16?,17?,21+,23?/m0/s1. The summed E-state index contributed by atoms with van der Waals surface area (Å²) in [5, 5.41) is 2.65. The number of hydrogen-bond donors (Lipinski definition) is 2. The predicted molar refractivity (Wildman–Crippen MR) is 119 cm³/mol. The molecule has 1 aromatic carbocycles. The number of H-pyrrole nitrogens is 1. The number of nitrogens with zero attached hydrogens (tertiary/aromatic N) is 3. The largest absolute Gasteiger partial charge is 0.370 e. The van der Waals surface area contributed by atoms with Crippen molar-refractivity contribution in [2.75, 3.05) is 25.1 Å². The highest BCUT2D eigenvalue weighted by Gasteiger charge is 2.61. The number of imidazole rings is 1. The quantitative estimate of drug-likeness (QED) is 0.591. The van der Waals surface area contributed by atoms with Gasteiger partial charge in [0, 0.05) is 11.5 Å². The van der Waals surface area contributed by atoms with Gasteiger partial charge in [0.1, 0.15) is 17.8 Å². The Bertz CT molecular complexity index is 1290. The molecule has 1 amide bonds. The van der Waals surface area contributed by atoms with Crippen molar-refractivity contribution in [2.24, 2.45) is 5.92 Å². The summed E-state index contributed by atoms with van der Waals surface area (Å²) < 4.78 is 26.6. The average Bonchev–Trinajstić information content (AvgIpc) is 3.38. The molecule has 5 atom stereocenters. The monoisotopic (exact) mass is 467 g/mol. The van der Waals surface area contributed by atoms with E-state index in [0.29, 0.717) is 25.5 Å². The normalized spacial score (nSPS) is 30.4. The first-order valence-corrected chi connectivity index (χ1v) is 11.3. The third-order valence-electron chi connectivity index (χ3n) is 6.63. The molecule has 2 N–H and O–H groups in total. The second kappa shape index (κ2) is 7.98. The van der Waals surface area contributed by atoms with Gasteiger partial charge in [0.05, 0.1) is 32.2 Å². The molecule has 178 valence electrons. The molecule has 0 aliphatic carbocycles. The third-order valence-corrected chi connectivity index (χ3v) is 6.63. The molecular weight excluding hydrogens is 442 g/mol. The zero-order valence-corrected chi connectivity index (χ0v) is 18.8. The summed E-state index contributed by atoms with van der Waals surface area (Å²) >= 11 is 0. The summed E-state index contributed by atoms with van der Waals surface area (Å²) in [7, 11) is 0. The van der Waals surface area contributed by atoms with Gasteiger partial charge in [-0.05, 0) is 0 Å². The molecule has 2 aromatic heterocycles. The summed E-state index contributed by atoms with van der Waals surface area (Å²) in [5.74, 6) is -0.440. The van der Waals surface area contributed by atoms with Crippen LogP contribution in [-0.4, -0.2) is 63.1 Å². The van der Waals surface area contributed by atoms with Crippen molar-refractivity contribution in [3.8, 4) is 0 Å². The number of rotatable bonds is 4. The Hall–Kier alpha value is -3.12. The van der Waals surface area contributed by atoms with Gasteiger partial charge in [0.15, 0.2) is 17.5 Å². The van der Waals surface area contributed by atoms with Gasteiger partial charge in [-0.1, -0.05) is 44.2 Å². The number of aromatic amines is 1. The summed E-state index contributed by atoms with van der Waals surface area (Å²) in [6.45, 7) is 4.54. The number of fused-ring (bicyclic) bond motifs is 1. The second-order valence-corrected chi connectivity index (χ2v) is 9.21. The van der Waals surface area contributed by atoms with Crippen LogP contribution >= 0.6 is 0 Å². The molecule has 3 fully saturated rings. The van der Waals surface area contributed by atoms with Crippen LogP contribution in [0.5, 0.6) is 0 Å². The number of hydrogen-bond acceptors (Lipinski definition) is 8. The second-order valence-electron chi connectivity index (χ2n) is 9.21. The van der Waals surface area contributed by atoms with Crippen LogP contribution in [0, 0.1) is 5.92 Å². The molecule has 2 bridgehead atoms. The summed E-state index contributed by atoms with van der Waals surface area (Å²) in [5.41, 5.74) is 0.321. The van der Waals surface area contributed by atoms with Gasteiger partial charge in [-0.15, -0.1) is 0 Å². The maximum Gasteiger partial charge on any atom is 0.280 e. The molecule has 3 aromatic rings. The van der Waals surface area contributed by atoms with Gasteiger partial charge in [-0.2, -0.15) is 4.98 Å². The van der Waals surface area contributed by atoms with Crippen LogP contribution in [0.2, 0.25) is 0 Å². The molecule has 6 rings (SSSR count). The molecule has 34 heavy (non-hydrogen) atoms. The predicted octanol–water partition coefficient (Wildman–Crippen LogP) is 1.54. The van der Waals surface area contributed by atoms with Crippen molar-refractivity contribution in [2.45, 2.75) is 44.0 Å². The maximum absolute atomic E-state index is 12.6. The Balaban J connectivity index is 1.33. The summed E-state index contributed by atoms with van der Waals surface area (Å²) in [6, 6.07) is 9.40. The molecule has 3 unspecified atom stereocenters. The summed E-state index contributed by atoms with van der Waals surface area (Å²) in [6.07, 6.45) is 0.308. The number of carbonyl (C=O) groups excluding carboxylic acids is 1. The Morgan fingerprint density at radius 1 is 1.24 bits per heavy atom. The van der Waals surface area contributed by atoms with E-state index in [0.717, 1.165) is 5.56 Å². The minimum absolute atomic E-state index is 0.0721. The molecule has 3 aliphatic heterocycles. The minimum atomic E-state index is -0.676. The van der Waals surface area contributed by atoms with Gasteiger partial charge < -0.3 is 23.5 Å². The number of aromatic nitrogens is 4. The lowest BCUT2D eigenvalue weighted by molar-refractivity contribution is -0.311. The number of nitrogens with one attached hydrogen (secondary N) is 2. The Kier molecular flexibility index (Phi) is 5.03. The lowest BCUT2D eigenvalue weighted by Crippen LogP contribution is -2.60. The Morgan fingerprint density at radius 2 is 2.03 bits per heavy atom. The van der Waals surface area contributed by atoms with Crippen LogP contribution in [0.3, 0.4) is 0 Å². The first kappa shape index (κ1) is 21.4. The van der Waals surface area contributed by atoms with Crippen LogP contribution in [0.25, 0.3) is 11.2 Å². The highest BCUT2D eigenvalue weighted by molar-refractivity contribution is 5.91. The highest BCUT2D eigenvalue weighted by Crippen LogP contribution is 2.47. The fraction of sp³-hybridized carbons (Fsp3) is 0.478. The fourth-order valence-electron chi connectivity index (χ4n) is 4.76. The van der Waals surface area contributed by atoms with Crippen molar-refractivity contribution in [3.63, 3.8) is 0 Å². The first-order valence-electron chi connectivity index (χ1n) is 11.3. The van der Waals surface area contributed by atoms with E-state index >= 15 is 0 Å². The van der Waals surface area contributed by atoms with Gasteiger partial charge >= 0.3 is 0 Å². The van der Waals surface area contributed by atoms with E-state index in [1.54, 1.807) is 24.7 Å². The molecule has 3 saturated heterocycles. The number of anilines is 1. The van der Waals surface area contributed by atoms with E-state index in [9.17, 15) is 9.59 Å². The lowest BCUT2D eigenvalue weighted by Gasteiger charge is -2.46. The molecule has 0 spiro atoms. The average molecular weight is 467 g/mol. The maximum atomic E-state index is 12.6. The highest BCUT2D eigenvalue weighted by atomic mass is 16.7. The number of carbonyl (C=O) groups is 1.